The van der Waals surface area contributed by atoms with Crippen molar-refractivity contribution in [2.75, 3.05) is 38.7 Å². The number of anilines is 1. The Hall–Kier alpha value is -1.15. The van der Waals surface area contributed by atoms with Crippen molar-refractivity contribution >= 4 is 15.7 Å². The smallest absolute Gasteiger partial charge is 0.221 e. The average Bonchev–Trinajstić information content (AvgIpc) is 3.37. The molecule has 0 radical (unpaired) electrons. The molecule has 1 aromatic carbocycles. The molecule has 3 aliphatic rings. The van der Waals surface area contributed by atoms with Crippen molar-refractivity contribution in [2.24, 2.45) is 5.92 Å². The summed E-state index contributed by atoms with van der Waals surface area (Å²) in [6.07, 6.45) is 3.20. The number of aryl methyl sites for hydroxylation is 2. The molecule has 1 spiro atoms. The third kappa shape index (κ3) is 3.50. The summed E-state index contributed by atoms with van der Waals surface area (Å²) in [5, 5.41) is 2.72. The first-order valence-electron chi connectivity index (χ1n) is 9.92. The second-order valence-electron chi connectivity index (χ2n) is 8.08. The van der Waals surface area contributed by atoms with Gasteiger partial charge in [-0.3, -0.25) is 0 Å². The number of ether oxygens (including phenoxy) is 2. The van der Waals surface area contributed by atoms with Crippen LogP contribution in [-0.2, 0) is 19.5 Å². The Bertz CT molecular complexity index is 780. The van der Waals surface area contributed by atoms with E-state index in [1.807, 2.05) is 20.9 Å². The van der Waals surface area contributed by atoms with Gasteiger partial charge in [-0.25, -0.2) is 12.7 Å². The predicted molar refractivity (Wildman–Crippen MR) is 105 cm³/mol. The van der Waals surface area contributed by atoms with Crippen LogP contribution in [0.15, 0.2) is 12.1 Å². The molecule has 0 bridgehead atoms. The zero-order chi connectivity index (χ0) is 19.2. The van der Waals surface area contributed by atoms with Gasteiger partial charge in [-0.1, -0.05) is 0 Å². The van der Waals surface area contributed by atoms with Crippen molar-refractivity contribution in [1.82, 2.24) is 4.31 Å². The first-order chi connectivity index (χ1) is 12.9. The van der Waals surface area contributed by atoms with Gasteiger partial charge in [0, 0.05) is 38.7 Å². The predicted octanol–water partition coefficient (Wildman–Crippen LogP) is 2.96. The van der Waals surface area contributed by atoms with Crippen LogP contribution in [0.1, 0.15) is 47.6 Å². The van der Waals surface area contributed by atoms with Gasteiger partial charge in [0.1, 0.15) is 5.25 Å². The van der Waals surface area contributed by atoms with Gasteiger partial charge in [0.05, 0.1) is 13.2 Å². The average molecular weight is 395 g/mol. The Morgan fingerprint density at radius 2 is 1.67 bits per heavy atom. The fourth-order valence-electron chi connectivity index (χ4n) is 4.62. The van der Waals surface area contributed by atoms with Gasteiger partial charge in [-0.05, 0) is 61.4 Å². The van der Waals surface area contributed by atoms with Crippen LogP contribution >= 0.6 is 0 Å². The second-order valence-corrected chi connectivity index (χ2v) is 10.1. The van der Waals surface area contributed by atoms with Crippen molar-refractivity contribution in [3.8, 4) is 0 Å². The Kier molecular flexibility index (Phi) is 4.99. The molecule has 1 aliphatic carbocycles. The minimum atomic E-state index is -3.42. The molecule has 2 saturated heterocycles. The molecule has 4 rings (SSSR count). The lowest BCUT2D eigenvalue weighted by Gasteiger charge is -2.38. The fraction of sp³-hybridized carbons (Fsp3) is 0.700. The molecular formula is C20H30N2O4S. The van der Waals surface area contributed by atoms with E-state index >= 15 is 0 Å². The van der Waals surface area contributed by atoms with E-state index in [4.69, 9.17) is 9.47 Å². The minimum absolute atomic E-state index is 0.225. The molecule has 3 fully saturated rings. The third-order valence-electron chi connectivity index (χ3n) is 6.20. The first-order valence-corrected chi connectivity index (χ1v) is 11.4. The van der Waals surface area contributed by atoms with Crippen LogP contribution in [-0.4, -0.2) is 51.9 Å². The third-order valence-corrected chi connectivity index (χ3v) is 8.54. The van der Waals surface area contributed by atoms with Gasteiger partial charge in [-0.15, -0.1) is 0 Å². The molecule has 150 valence electrons. The lowest BCUT2D eigenvalue weighted by atomic mass is 9.96. The van der Waals surface area contributed by atoms with Crippen LogP contribution in [0.3, 0.4) is 0 Å². The highest BCUT2D eigenvalue weighted by Gasteiger charge is 2.48. The number of hydrogen-bond acceptors (Lipinski definition) is 5. The van der Waals surface area contributed by atoms with E-state index in [-0.39, 0.29) is 5.92 Å². The molecule has 0 aromatic heterocycles. The van der Waals surface area contributed by atoms with Gasteiger partial charge >= 0.3 is 0 Å². The van der Waals surface area contributed by atoms with Crippen LogP contribution in [0.5, 0.6) is 0 Å². The van der Waals surface area contributed by atoms with Gasteiger partial charge < -0.3 is 14.8 Å². The van der Waals surface area contributed by atoms with Crippen molar-refractivity contribution in [3.63, 3.8) is 0 Å². The maximum atomic E-state index is 13.7. The zero-order valence-electron chi connectivity index (χ0n) is 16.5. The largest absolute Gasteiger partial charge is 0.388 e. The quantitative estimate of drug-likeness (QED) is 0.832. The summed E-state index contributed by atoms with van der Waals surface area (Å²) in [5.74, 6) is -0.329. The van der Waals surface area contributed by atoms with Crippen molar-refractivity contribution in [2.45, 2.75) is 50.6 Å². The summed E-state index contributed by atoms with van der Waals surface area (Å²) >= 11 is 0. The molecule has 1 unspecified atom stereocenters. The molecule has 1 saturated carbocycles. The molecule has 0 amide bonds. The summed E-state index contributed by atoms with van der Waals surface area (Å²) in [6.45, 7) is 6.21. The molecule has 2 aliphatic heterocycles. The number of nitrogens with one attached hydrogen (secondary N) is 1. The summed E-state index contributed by atoms with van der Waals surface area (Å²) in [4.78, 5) is 0. The van der Waals surface area contributed by atoms with Crippen molar-refractivity contribution in [3.05, 3.63) is 28.8 Å². The van der Waals surface area contributed by atoms with E-state index in [2.05, 4.69) is 17.4 Å². The van der Waals surface area contributed by atoms with Gasteiger partial charge in [0.25, 0.3) is 0 Å². The monoisotopic (exact) mass is 394 g/mol. The number of piperidine rings is 1. The summed E-state index contributed by atoms with van der Waals surface area (Å²) < 4.78 is 40.5. The van der Waals surface area contributed by atoms with Gasteiger partial charge in [0.2, 0.25) is 10.0 Å². The van der Waals surface area contributed by atoms with E-state index < -0.39 is 21.1 Å². The Labute approximate surface area is 162 Å². The minimum Gasteiger partial charge on any atom is -0.388 e. The molecule has 1 aromatic rings. The summed E-state index contributed by atoms with van der Waals surface area (Å²) in [6, 6.07) is 4.11. The van der Waals surface area contributed by atoms with E-state index in [0.717, 1.165) is 35.2 Å². The van der Waals surface area contributed by atoms with Crippen LogP contribution in [0.2, 0.25) is 0 Å². The number of sulfonamides is 1. The first kappa shape index (κ1) is 19.2. The molecular weight excluding hydrogens is 364 g/mol. The topological polar surface area (TPSA) is 67.9 Å². The van der Waals surface area contributed by atoms with E-state index in [1.165, 1.54) is 0 Å². The maximum Gasteiger partial charge on any atom is 0.221 e. The highest BCUT2D eigenvalue weighted by Crippen LogP contribution is 2.49. The Morgan fingerprint density at radius 1 is 1.11 bits per heavy atom. The lowest BCUT2D eigenvalue weighted by Crippen LogP contribution is -2.48. The second kappa shape index (κ2) is 7.03. The lowest BCUT2D eigenvalue weighted by molar-refractivity contribution is -0.179. The molecule has 7 heteroatoms. The van der Waals surface area contributed by atoms with Crippen LogP contribution < -0.4 is 5.32 Å². The zero-order valence-corrected chi connectivity index (χ0v) is 17.3. The number of nitrogens with zero attached hydrogens (tertiary/aromatic N) is 1. The number of rotatable bonds is 5. The van der Waals surface area contributed by atoms with E-state index in [9.17, 15) is 8.42 Å². The summed E-state index contributed by atoms with van der Waals surface area (Å²) in [7, 11) is -1.53. The molecule has 2 heterocycles. The Balaban J connectivity index is 1.63. The van der Waals surface area contributed by atoms with Gasteiger partial charge in [0.15, 0.2) is 5.79 Å². The molecule has 27 heavy (non-hydrogen) atoms. The maximum absolute atomic E-state index is 13.7. The standard InChI is InChI=1S/C20H30N2O4S/c1-14-12-17(21-3)13-15(2)18(14)19(16-4-5-16)27(23,24)22-8-6-20(7-9-22)25-10-11-26-20/h12-13,16,19,21H,4-11H2,1-3H3. The fourth-order valence-corrected chi connectivity index (χ4v) is 7.06. The summed E-state index contributed by atoms with van der Waals surface area (Å²) in [5.41, 5.74) is 4.12. The van der Waals surface area contributed by atoms with Crippen LogP contribution in [0, 0.1) is 19.8 Å². The molecule has 1 atom stereocenters. The van der Waals surface area contributed by atoms with Crippen LogP contribution in [0.4, 0.5) is 5.69 Å². The molecule has 1 N–H and O–H groups in total. The highest BCUT2D eigenvalue weighted by molar-refractivity contribution is 7.89. The van der Waals surface area contributed by atoms with E-state index in [0.29, 0.717) is 39.1 Å². The number of benzene rings is 1. The van der Waals surface area contributed by atoms with Crippen LogP contribution in [0.25, 0.3) is 0 Å². The number of hydrogen-bond donors (Lipinski definition) is 1. The van der Waals surface area contributed by atoms with Gasteiger partial charge in [-0.2, -0.15) is 0 Å². The normalized spacial score (nSPS) is 24.3. The highest BCUT2D eigenvalue weighted by atomic mass is 32.2. The van der Waals surface area contributed by atoms with E-state index in [1.54, 1.807) is 4.31 Å². The SMILES string of the molecule is CNc1cc(C)c(C(C2CC2)S(=O)(=O)N2CCC3(CC2)OCCO3)c(C)c1. The van der Waals surface area contributed by atoms with Crippen molar-refractivity contribution in [1.29, 1.82) is 0 Å². The van der Waals surface area contributed by atoms with Crippen molar-refractivity contribution < 1.29 is 17.9 Å². The Morgan fingerprint density at radius 3 is 2.15 bits per heavy atom. The molecule has 6 nitrogen and oxygen atoms in total.